The van der Waals surface area contributed by atoms with Crippen molar-refractivity contribution in [1.82, 2.24) is 10.2 Å². The van der Waals surface area contributed by atoms with Crippen LogP contribution in [0.2, 0.25) is 0 Å². The van der Waals surface area contributed by atoms with Crippen LogP contribution in [0.5, 0.6) is 5.75 Å². The number of nitrogens with zero attached hydrogens (tertiary/aromatic N) is 3. The summed E-state index contributed by atoms with van der Waals surface area (Å²) in [4.78, 5) is 10.4. The summed E-state index contributed by atoms with van der Waals surface area (Å²) in [6, 6.07) is 14.0. The van der Waals surface area contributed by atoms with Crippen molar-refractivity contribution in [3.05, 3.63) is 64.2 Å². The van der Waals surface area contributed by atoms with Gasteiger partial charge in [-0.2, -0.15) is 0 Å². The molecular weight excluding hydrogens is 354 g/mol. The van der Waals surface area contributed by atoms with Gasteiger partial charge in [-0.25, -0.2) is 0 Å². The number of benzene rings is 2. The first-order valence-corrected chi connectivity index (χ1v) is 9.01. The first kappa shape index (κ1) is 17.9. The fourth-order valence-electron chi connectivity index (χ4n) is 2.25. The first-order valence-electron chi connectivity index (χ1n) is 8.02. The van der Waals surface area contributed by atoms with Gasteiger partial charge >= 0.3 is 0 Å². The number of hydrogen-bond donors (Lipinski definition) is 0. The molecule has 1 heterocycles. The van der Waals surface area contributed by atoms with Gasteiger partial charge < -0.3 is 9.15 Å². The minimum absolute atomic E-state index is 0.0109. The normalized spacial score (nSPS) is 10.7. The van der Waals surface area contributed by atoms with E-state index in [1.165, 1.54) is 23.9 Å². The van der Waals surface area contributed by atoms with Crippen molar-refractivity contribution in [1.29, 1.82) is 0 Å². The van der Waals surface area contributed by atoms with Crippen molar-refractivity contribution >= 4 is 17.4 Å². The van der Waals surface area contributed by atoms with Crippen LogP contribution < -0.4 is 4.74 Å². The SMILES string of the molecule is Cc1cccc(OCCCSc2nnc(-c3cccc([N+](=O)[O-])c3)o2)c1. The predicted octanol–water partition coefficient (Wildman–Crippen LogP) is 4.51. The molecule has 0 saturated heterocycles. The Morgan fingerprint density at radius 2 is 2.04 bits per heavy atom. The molecule has 26 heavy (non-hydrogen) atoms. The zero-order valence-corrected chi connectivity index (χ0v) is 14.9. The number of rotatable bonds is 8. The van der Waals surface area contributed by atoms with Gasteiger partial charge in [0, 0.05) is 23.4 Å². The topological polar surface area (TPSA) is 91.3 Å². The number of aryl methyl sites for hydroxylation is 1. The van der Waals surface area contributed by atoms with E-state index in [9.17, 15) is 10.1 Å². The maximum atomic E-state index is 10.8. The molecule has 0 aliphatic rings. The Morgan fingerprint density at radius 3 is 2.85 bits per heavy atom. The Labute approximate surface area is 154 Å². The van der Waals surface area contributed by atoms with Crippen LogP contribution in [0.3, 0.4) is 0 Å². The maximum absolute atomic E-state index is 10.8. The summed E-state index contributed by atoms with van der Waals surface area (Å²) in [6.45, 7) is 2.62. The van der Waals surface area contributed by atoms with Crippen molar-refractivity contribution in [3.63, 3.8) is 0 Å². The van der Waals surface area contributed by atoms with Crippen molar-refractivity contribution < 1.29 is 14.1 Å². The van der Waals surface area contributed by atoms with E-state index in [1.54, 1.807) is 12.1 Å². The highest BCUT2D eigenvalue weighted by atomic mass is 32.2. The Kier molecular flexibility index (Phi) is 5.85. The summed E-state index contributed by atoms with van der Waals surface area (Å²) < 4.78 is 11.3. The Bertz CT molecular complexity index is 897. The van der Waals surface area contributed by atoms with E-state index >= 15 is 0 Å². The second-order valence-corrected chi connectivity index (χ2v) is 6.59. The van der Waals surface area contributed by atoms with Gasteiger partial charge in [-0.1, -0.05) is 30.0 Å². The smallest absolute Gasteiger partial charge is 0.276 e. The fourth-order valence-corrected chi connectivity index (χ4v) is 2.92. The molecule has 0 radical (unpaired) electrons. The van der Waals surface area contributed by atoms with Crippen LogP contribution in [-0.4, -0.2) is 27.5 Å². The summed E-state index contributed by atoms with van der Waals surface area (Å²) >= 11 is 1.43. The third-order valence-corrected chi connectivity index (χ3v) is 4.39. The summed E-state index contributed by atoms with van der Waals surface area (Å²) in [7, 11) is 0. The third kappa shape index (κ3) is 4.82. The summed E-state index contributed by atoms with van der Waals surface area (Å²) in [5.74, 6) is 1.90. The molecule has 3 aromatic rings. The molecule has 0 aliphatic heterocycles. The lowest BCUT2D eigenvalue weighted by molar-refractivity contribution is -0.384. The highest BCUT2D eigenvalue weighted by Gasteiger charge is 2.12. The van der Waals surface area contributed by atoms with Crippen LogP contribution in [0.15, 0.2) is 58.2 Å². The van der Waals surface area contributed by atoms with E-state index in [0.29, 0.717) is 17.4 Å². The summed E-state index contributed by atoms with van der Waals surface area (Å²) in [6.07, 6.45) is 0.827. The standard InChI is InChI=1S/C18H17N3O4S/c1-13-5-2-8-16(11-13)24-9-4-10-26-18-20-19-17(25-18)14-6-3-7-15(12-14)21(22)23/h2-3,5-8,11-12H,4,9-10H2,1H3. The number of thioether (sulfide) groups is 1. The number of nitro groups is 1. The van der Waals surface area contributed by atoms with E-state index in [4.69, 9.17) is 9.15 Å². The van der Waals surface area contributed by atoms with Crippen molar-refractivity contribution in [2.24, 2.45) is 0 Å². The zero-order chi connectivity index (χ0) is 18.4. The van der Waals surface area contributed by atoms with Crippen LogP contribution in [-0.2, 0) is 0 Å². The molecule has 2 aromatic carbocycles. The quantitative estimate of drug-likeness (QED) is 0.249. The van der Waals surface area contributed by atoms with E-state index < -0.39 is 4.92 Å². The molecule has 134 valence electrons. The fraction of sp³-hybridized carbons (Fsp3) is 0.222. The van der Waals surface area contributed by atoms with Crippen LogP contribution in [0.25, 0.3) is 11.5 Å². The van der Waals surface area contributed by atoms with Crippen molar-refractivity contribution in [2.45, 2.75) is 18.6 Å². The lowest BCUT2D eigenvalue weighted by Gasteiger charge is -2.05. The average molecular weight is 371 g/mol. The molecule has 7 nitrogen and oxygen atoms in total. The van der Waals surface area contributed by atoms with Gasteiger partial charge in [0.1, 0.15) is 5.75 Å². The molecule has 0 spiro atoms. The molecule has 0 fully saturated rings. The van der Waals surface area contributed by atoms with Crippen LogP contribution in [0.1, 0.15) is 12.0 Å². The molecule has 0 bridgehead atoms. The summed E-state index contributed by atoms with van der Waals surface area (Å²) in [5, 5.41) is 19.2. The maximum Gasteiger partial charge on any atom is 0.276 e. The Hall–Kier alpha value is -2.87. The van der Waals surface area contributed by atoms with Crippen LogP contribution >= 0.6 is 11.8 Å². The van der Waals surface area contributed by atoms with Crippen molar-refractivity contribution in [3.8, 4) is 17.2 Å². The van der Waals surface area contributed by atoms with Gasteiger partial charge in [0.05, 0.1) is 11.5 Å². The first-order chi connectivity index (χ1) is 12.6. The minimum atomic E-state index is -0.455. The monoisotopic (exact) mass is 371 g/mol. The van der Waals surface area contributed by atoms with Gasteiger partial charge in [-0.15, -0.1) is 10.2 Å². The Balaban J connectivity index is 1.48. The van der Waals surface area contributed by atoms with Crippen LogP contribution in [0, 0.1) is 17.0 Å². The number of non-ortho nitro benzene ring substituents is 1. The second kappa shape index (κ2) is 8.48. The number of hydrogen-bond acceptors (Lipinski definition) is 7. The molecule has 0 aliphatic carbocycles. The van der Waals surface area contributed by atoms with Crippen LogP contribution in [0.4, 0.5) is 5.69 Å². The van der Waals surface area contributed by atoms with Gasteiger partial charge in [0.25, 0.3) is 10.9 Å². The molecule has 0 unspecified atom stereocenters. The lowest BCUT2D eigenvalue weighted by Crippen LogP contribution is -1.98. The van der Waals surface area contributed by atoms with Gasteiger partial charge in [-0.3, -0.25) is 10.1 Å². The Morgan fingerprint density at radius 1 is 1.19 bits per heavy atom. The number of ether oxygens (including phenoxy) is 1. The highest BCUT2D eigenvalue weighted by molar-refractivity contribution is 7.99. The van der Waals surface area contributed by atoms with Crippen molar-refractivity contribution in [2.75, 3.05) is 12.4 Å². The van der Waals surface area contributed by atoms with Gasteiger partial charge in [0.2, 0.25) is 5.89 Å². The lowest BCUT2D eigenvalue weighted by atomic mass is 10.2. The third-order valence-electron chi connectivity index (χ3n) is 3.48. The minimum Gasteiger partial charge on any atom is -0.494 e. The van der Waals surface area contributed by atoms with E-state index in [-0.39, 0.29) is 11.6 Å². The van der Waals surface area contributed by atoms with E-state index in [1.807, 2.05) is 31.2 Å². The average Bonchev–Trinajstić information content (AvgIpc) is 3.10. The molecule has 0 atom stereocenters. The highest BCUT2D eigenvalue weighted by Crippen LogP contribution is 2.26. The molecule has 1 aromatic heterocycles. The second-order valence-electron chi connectivity index (χ2n) is 5.55. The molecule has 3 rings (SSSR count). The summed E-state index contributed by atoms with van der Waals surface area (Å²) in [5.41, 5.74) is 1.68. The number of nitro benzene ring substituents is 1. The largest absolute Gasteiger partial charge is 0.494 e. The van der Waals surface area contributed by atoms with E-state index in [0.717, 1.165) is 23.5 Å². The molecule has 8 heteroatoms. The molecule has 0 amide bonds. The predicted molar refractivity (Wildman–Crippen MR) is 98.4 cm³/mol. The molecule has 0 N–H and O–H groups in total. The van der Waals surface area contributed by atoms with Gasteiger partial charge in [0.15, 0.2) is 0 Å². The molecular formula is C18H17N3O4S. The number of aromatic nitrogens is 2. The van der Waals surface area contributed by atoms with Gasteiger partial charge in [-0.05, 0) is 37.1 Å². The zero-order valence-electron chi connectivity index (χ0n) is 14.1. The van der Waals surface area contributed by atoms with E-state index in [2.05, 4.69) is 10.2 Å². The molecule has 0 saturated carbocycles.